The zero-order valence-corrected chi connectivity index (χ0v) is 22.8. The van der Waals surface area contributed by atoms with Crippen LogP contribution in [-0.4, -0.2) is 66.6 Å². The lowest BCUT2D eigenvalue weighted by Crippen LogP contribution is -2.70. The molecule has 1 fully saturated rings. The van der Waals surface area contributed by atoms with Crippen molar-refractivity contribution in [2.24, 2.45) is 10.9 Å². The molecule has 1 saturated heterocycles. The number of carbonyl (C=O) groups excluding carboxylic acids is 2. The van der Waals surface area contributed by atoms with Gasteiger partial charge in [0.2, 0.25) is 6.04 Å². The molecule has 0 aliphatic carbocycles. The number of carboxylic acid groups (broad SMARTS) is 1. The minimum absolute atomic E-state index is 0.0178. The highest BCUT2D eigenvalue weighted by Crippen LogP contribution is 2.46. The number of nitrogen functional groups attached to an aromatic ring is 1. The zero-order chi connectivity index (χ0) is 26.7. The van der Waals surface area contributed by atoms with Crippen molar-refractivity contribution in [2.45, 2.75) is 27.4 Å². The molecule has 2 aliphatic rings. The minimum Gasteiger partial charge on any atom is -0.477 e. The standard InChI is InChI=1S/C20H20ClN7O5S4/c21-9-1-2-11(23)25-12(9)13(27-33)16(29)26-14-17(30)28-15(19(31)32)10(7-35-18(14)28)36-20-8(5-24-37-20)6-34-4-3-22/h1-2,5,13-14,18H,3-4,6-7,22H2,(H2,23,25)(H,26,29)(H,31,32)/t13?,14-,18+/m1/s1. The Morgan fingerprint density at radius 2 is 2.19 bits per heavy atom. The molecule has 1 unspecified atom stereocenters. The Morgan fingerprint density at radius 3 is 2.89 bits per heavy atom. The van der Waals surface area contributed by atoms with Gasteiger partial charge < -0.3 is 21.9 Å². The number of pyridine rings is 1. The Hall–Kier alpha value is -2.37. The van der Waals surface area contributed by atoms with Crippen LogP contribution in [0.3, 0.4) is 0 Å². The number of anilines is 1. The Kier molecular flexibility index (Phi) is 8.97. The maximum Gasteiger partial charge on any atom is 0.353 e. The maximum atomic E-state index is 13.0. The van der Waals surface area contributed by atoms with E-state index in [1.165, 1.54) is 47.2 Å². The molecule has 2 aliphatic heterocycles. The van der Waals surface area contributed by atoms with Gasteiger partial charge >= 0.3 is 5.97 Å². The summed E-state index contributed by atoms with van der Waals surface area (Å²) in [7, 11) is 0. The van der Waals surface area contributed by atoms with Gasteiger partial charge in [0.25, 0.3) is 11.8 Å². The lowest BCUT2D eigenvalue weighted by atomic mass is 10.0. The molecule has 0 saturated carbocycles. The van der Waals surface area contributed by atoms with Crippen LogP contribution in [0.1, 0.15) is 17.3 Å². The number of nitroso groups, excluding NO2 is 1. The average molecular weight is 602 g/mol. The van der Waals surface area contributed by atoms with Crippen LogP contribution in [0.15, 0.2) is 38.3 Å². The average Bonchev–Trinajstić information content (AvgIpc) is 3.31. The number of nitrogens with two attached hydrogens (primary N) is 2. The monoisotopic (exact) mass is 601 g/mol. The van der Waals surface area contributed by atoms with Gasteiger partial charge in [0.15, 0.2) is 0 Å². The maximum absolute atomic E-state index is 13.0. The number of nitrogens with zero attached hydrogens (tertiary/aromatic N) is 4. The number of amides is 2. The summed E-state index contributed by atoms with van der Waals surface area (Å²) < 4.78 is 5.07. The van der Waals surface area contributed by atoms with E-state index in [1.54, 1.807) is 18.0 Å². The van der Waals surface area contributed by atoms with Crippen LogP contribution >= 0.6 is 58.4 Å². The van der Waals surface area contributed by atoms with Gasteiger partial charge in [-0.05, 0) is 28.8 Å². The first-order valence-electron chi connectivity index (χ1n) is 10.6. The van der Waals surface area contributed by atoms with E-state index in [2.05, 4.69) is 19.9 Å². The molecule has 4 rings (SSSR count). The second kappa shape index (κ2) is 12.0. The van der Waals surface area contributed by atoms with Crippen LogP contribution in [0.2, 0.25) is 5.02 Å². The van der Waals surface area contributed by atoms with Gasteiger partial charge in [0, 0.05) is 40.5 Å². The van der Waals surface area contributed by atoms with E-state index in [-0.39, 0.29) is 22.2 Å². The largest absolute Gasteiger partial charge is 0.477 e. The Morgan fingerprint density at radius 1 is 1.41 bits per heavy atom. The highest BCUT2D eigenvalue weighted by molar-refractivity contribution is 8.07. The van der Waals surface area contributed by atoms with Gasteiger partial charge in [-0.3, -0.25) is 14.5 Å². The normalized spacial score (nSPS) is 19.7. The molecule has 0 aromatic carbocycles. The number of carbonyl (C=O) groups is 3. The fourth-order valence-electron chi connectivity index (χ4n) is 3.60. The summed E-state index contributed by atoms with van der Waals surface area (Å²) in [5.74, 6) is -0.931. The molecule has 37 heavy (non-hydrogen) atoms. The molecule has 2 amide bonds. The first-order chi connectivity index (χ1) is 17.8. The first kappa shape index (κ1) is 27.7. The van der Waals surface area contributed by atoms with Gasteiger partial charge in [0.05, 0.1) is 14.9 Å². The van der Waals surface area contributed by atoms with Crippen molar-refractivity contribution < 1.29 is 19.5 Å². The van der Waals surface area contributed by atoms with Crippen molar-refractivity contribution in [1.82, 2.24) is 19.6 Å². The van der Waals surface area contributed by atoms with Crippen LogP contribution in [0, 0.1) is 4.91 Å². The second-order valence-corrected chi connectivity index (χ2v) is 12.4. The molecule has 196 valence electrons. The number of aliphatic carboxylic acids is 1. The lowest BCUT2D eigenvalue weighted by Gasteiger charge is -2.49. The fraction of sp³-hybridized carbons (Fsp3) is 0.350. The number of thioether (sulfide) groups is 3. The van der Waals surface area contributed by atoms with Crippen molar-refractivity contribution >= 4 is 82.0 Å². The molecular weight excluding hydrogens is 582 g/mol. The summed E-state index contributed by atoms with van der Waals surface area (Å²) >= 11 is 11.5. The third-order valence-electron chi connectivity index (χ3n) is 5.28. The topological polar surface area (TPSA) is 194 Å². The van der Waals surface area contributed by atoms with E-state index >= 15 is 0 Å². The molecule has 12 nitrogen and oxygen atoms in total. The predicted molar refractivity (Wildman–Crippen MR) is 145 cm³/mol. The highest BCUT2D eigenvalue weighted by atomic mass is 35.5. The van der Waals surface area contributed by atoms with Gasteiger partial charge in [-0.1, -0.05) is 23.4 Å². The van der Waals surface area contributed by atoms with Crippen molar-refractivity contribution in [3.63, 3.8) is 0 Å². The molecule has 2 aromatic rings. The Bertz CT molecular complexity index is 1280. The Labute approximate surface area is 232 Å². The number of hydrogen-bond acceptors (Lipinski definition) is 13. The Balaban J connectivity index is 1.50. The van der Waals surface area contributed by atoms with E-state index in [0.29, 0.717) is 23.0 Å². The molecule has 6 N–H and O–H groups in total. The van der Waals surface area contributed by atoms with Crippen LogP contribution in [0.25, 0.3) is 0 Å². The summed E-state index contributed by atoms with van der Waals surface area (Å²) in [5, 5.41) is 14.6. The van der Waals surface area contributed by atoms with Crippen LogP contribution in [0.5, 0.6) is 0 Å². The van der Waals surface area contributed by atoms with Crippen molar-refractivity contribution in [3.05, 3.63) is 50.1 Å². The number of nitrogens with one attached hydrogen (secondary N) is 1. The van der Waals surface area contributed by atoms with E-state index < -0.39 is 35.2 Å². The van der Waals surface area contributed by atoms with Crippen molar-refractivity contribution in [2.75, 3.05) is 23.8 Å². The zero-order valence-electron chi connectivity index (χ0n) is 18.8. The summed E-state index contributed by atoms with van der Waals surface area (Å²) in [4.78, 5) is 55.0. The molecular formula is C20H20ClN7O5S4. The highest BCUT2D eigenvalue weighted by Gasteiger charge is 2.55. The van der Waals surface area contributed by atoms with Crippen LogP contribution < -0.4 is 16.8 Å². The molecule has 0 spiro atoms. The third-order valence-corrected chi connectivity index (χ3v) is 10.2. The van der Waals surface area contributed by atoms with Gasteiger partial charge in [-0.25, -0.2) is 9.78 Å². The van der Waals surface area contributed by atoms with Crippen molar-refractivity contribution in [3.8, 4) is 0 Å². The number of carboxylic acids is 1. The number of β-lactam (4-membered cyclic amide) rings is 1. The van der Waals surface area contributed by atoms with E-state index in [9.17, 15) is 24.4 Å². The molecule has 3 atom stereocenters. The first-order valence-corrected chi connectivity index (χ1v) is 14.8. The second-order valence-electron chi connectivity index (χ2n) is 7.67. The van der Waals surface area contributed by atoms with Gasteiger partial charge in [-0.15, -0.1) is 16.7 Å². The summed E-state index contributed by atoms with van der Waals surface area (Å²) in [6, 6.07) is 0.108. The minimum atomic E-state index is -1.63. The molecule has 17 heteroatoms. The van der Waals surface area contributed by atoms with E-state index in [0.717, 1.165) is 20.4 Å². The summed E-state index contributed by atoms with van der Waals surface area (Å²) in [6.45, 7) is 0.554. The number of fused-ring (bicyclic) bond motifs is 1. The fourth-order valence-corrected chi connectivity index (χ4v) is 8.23. The number of hydrogen-bond donors (Lipinski definition) is 4. The molecule has 2 aromatic heterocycles. The summed E-state index contributed by atoms with van der Waals surface area (Å²) in [6.07, 6.45) is 1.75. The number of halogens is 1. The number of aromatic nitrogens is 2. The molecule has 0 bridgehead atoms. The van der Waals surface area contributed by atoms with Gasteiger partial charge in [0.1, 0.15) is 22.9 Å². The SMILES string of the molecule is NCCSCc1cnsc1SC1=C(C(=O)O)N2C(=O)[C@@H](NC(=O)C(N=O)c3nc(N)ccc3Cl)[C@@H]2SC1. The quantitative estimate of drug-likeness (QED) is 0.167. The van der Waals surface area contributed by atoms with E-state index in [1.807, 2.05) is 0 Å². The third kappa shape index (κ3) is 5.73. The lowest BCUT2D eigenvalue weighted by molar-refractivity contribution is -0.150. The molecule has 4 heterocycles. The smallest absolute Gasteiger partial charge is 0.353 e. The predicted octanol–water partition coefficient (Wildman–Crippen LogP) is 2.26. The van der Waals surface area contributed by atoms with E-state index in [4.69, 9.17) is 23.1 Å². The van der Waals surface area contributed by atoms with Crippen LogP contribution in [0.4, 0.5) is 5.82 Å². The molecule has 0 radical (unpaired) electrons. The van der Waals surface area contributed by atoms with Crippen molar-refractivity contribution in [1.29, 1.82) is 0 Å². The van der Waals surface area contributed by atoms with Crippen LogP contribution in [-0.2, 0) is 20.1 Å². The van der Waals surface area contributed by atoms with Gasteiger partial charge in [-0.2, -0.15) is 16.1 Å². The summed E-state index contributed by atoms with van der Waals surface area (Å²) in [5.41, 5.74) is 11.9. The number of rotatable bonds is 11.